The molecule has 2 amide bonds. The molecule has 0 aliphatic rings. The molecule has 0 unspecified atom stereocenters. The molecular formula is C16H23N3O2. The van der Waals surface area contributed by atoms with Crippen LogP contribution in [0.1, 0.15) is 37.8 Å². The summed E-state index contributed by atoms with van der Waals surface area (Å²) in [6.07, 6.45) is 1.90. The molecule has 0 aliphatic carbocycles. The predicted octanol–water partition coefficient (Wildman–Crippen LogP) is 2.78. The van der Waals surface area contributed by atoms with Gasteiger partial charge in [0.15, 0.2) is 0 Å². The molecule has 0 saturated heterocycles. The molecule has 0 radical (unpaired) electrons. The largest absolute Gasteiger partial charge is 0.326 e. The van der Waals surface area contributed by atoms with Crippen molar-refractivity contribution in [2.75, 3.05) is 5.32 Å². The summed E-state index contributed by atoms with van der Waals surface area (Å²) in [7, 11) is 0. The molecule has 0 spiro atoms. The van der Waals surface area contributed by atoms with E-state index in [1.807, 2.05) is 45.9 Å². The van der Waals surface area contributed by atoms with Crippen molar-refractivity contribution >= 4 is 23.7 Å². The van der Waals surface area contributed by atoms with Crippen molar-refractivity contribution in [2.24, 2.45) is 11.0 Å². The van der Waals surface area contributed by atoms with Crippen molar-refractivity contribution in [1.82, 2.24) is 5.43 Å². The highest BCUT2D eigenvalue weighted by Gasteiger charge is 2.07. The summed E-state index contributed by atoms with van der Waals surface area (Å²) >= 11 is 0. The molecule has 0 fully saturated rings. The lowest BCUT2D eigenvalue weighted by Crippen LogP contribution is -2.21. The highest BCUT2D eigenvalue weighted by Crippen LogP contribution is 2.14. The fourth-order valence-corrected chi connectivity index (χ4v) is 1.58. The van der Waals surface area contributed by atoms with Crippen molar-refractivity contribution in [3.63, 3.8) is 0 Å². The van der Waals surface area contributed by atoms with Gasteiger partial charge in [-0.25, -0.2) is 5.43 Å². The summed E-state index contributed by atoms with van der Waals surface area (Å²) in [5.74, 6) is -0.165. The third kappa shape index (κ3) is 6.70. The molecule has 0 bridgehead atoms. The molecule has 0 aromatic heterocycles. The summed E-state index contributed by atoms with van der Waals surface area (Å²) < 4.78 is 0. The Kier molecular flexibility index (Phi) is 6.59. The smallest absolute Gasteiger partial charge is 0.240 e. The average Bonchev–Trinajstić information content (AvgIpc) is 2.40. The molecule has 5 nitrogen and oxygen atoms in total. The monoisotopic (exact) mass is 289 g/mol. The maximum absolute atomic E-state index is 11.8. The number of anilines is 1. The number of carbonyl (C=O) groups excluding carboxylic acids is 2. The van der Waals surface area contributed by atoms with E-state index in [2.05, 4.69) is 15.8 Å². The minimum absolute atomic E-state index is 0.117. The molecule has 2 N–H and O–H groups in total. The molecule has 0 heterocycles. The van der Waals surface area contributed by atoms with E-state index >= 15 is 0 Å². The quantitative estimate of drug-likeness (QED) is 0.624. The third-order valence-corrected chi connectivity index (χ3v) is 2.93. The first-order valence-electron chi connectivity index (χ1n) is 7.07. The summed E-state index contributed by atoms with van der Waals surface area (Å²) in [4.78, 5) is 23.2. The van der Waals surface area contributed by atoms with Crippen molar-refractivity contribution in [1.29, 1.82) is 0 Å². The molecule has 0 atom stereocenters. The lowest BCUT2D eigenvalue weighted by Gasteiger charge is -2.07. The van der Waals surface area contributed by atoms with Gasteiger partial charge < -0.3 is 5.32 Å². The van der Waals surface area contributed by atoms with Crippen LogP contribution < -0.4 is 10.7 Å². The van der Waals surface area contributed by atoms with Crippen LogP contribution in [-0.2, 0) is 9.59 Å². The van der Waals surface area contributed by atoms with Crippen molar-refractivity contribution in [3.8, 4) is 0 Å². The highest BCUT2D eigenvalue weighted by molar-refractivity contribution is 5.93. The minimum atomic E-state index is -0.262. The standard InChI is InChI=1S/C16H23N3O2/c1-11(2)10-17-19-16(21)8-7-15(20)18-14-6-5-12(3)13(4)9-14/h5-6,9-11H,7-8H2,1-4H3,(H,18,20)(H,19,21). The number of hydrogen-bond acceptors (Lipinski definition) is 3. The number of hydrogen-bond donors (Lipinski definition) is 2. The van der Waals surface area contributed by atoms with Gasteiger partial charge in [0.1, 0.15) is 0 Å². The Bertz CT molecular complexity index is 536. The number of hydrazone groups is 1. The van der Waals surface area contributed by atoms with E-state index in [4.69, 9.17) is 0 Å². The fraction of sp³-hybridized carbons (Fsp3) is 0.438. The van der Waals surface area contributed by atoms with Crippen molar-refractivity contribution < 1.29 is 9.59 Å². The third-order valence-electron chi connectivity index (χ3n) is 2.93. The van der Waals surface area contributed by atoms with Crippen LogP contribution in [0.4, 0.5) is 5.69 Å². The van der Waals surface area contributed by atoms with Crippen LogP contribution in [0.3, 0.4) is 0 Å². The van der Waals surface area contributed by atoms with E-state index in [9.17, 15) is 9.59 Å². The Labute approximate surface area is 125 Å². The number of carbonyl (C=O) groups is 2. The first-order valence-corrected chi connectivity index (χ1v) is 7.07. The van der Waals surface area contributed by atoms with E-state index in [1.54, 1.807) is 6.21 Å². The van der Waals surface area contributed by atoms with Crippen LogP contribution >= 0.6 is 0 Å². The summed E-state index contributed by atoms with van der Waals surface area (Å²) in [5.41, 5.74) is 5.45. The van der Waals surface area contributed by atoms with E-state index in [0.29, 0.717) is 0 Å². The maximum atomic E-state index is 11.8. The molecule has 1 aromatic carbocycles. The Morgan fingerprint density at radius 3 is 2.43 bits per heavy atom. The molecular weight excluding hydrogens is 266 g/mol. The molecule has 0 aliphatic heterocycles. The normalized spacial score (nSPS) is 10.9. The lowest BCUT2D eigenvalue weighted by molar-refractivity contribution is -0.124. The first kappa shape index (κ1) is 16.9. The number of nitrogens with one attached hydrogen (secondary N) is 2. The van der Waals surface area contributed by atoms with Crippen LogP contribution in [0.15, 0.2) is 23.3 Å². The van der Waals surface area contributed by atoms with E-state index in [1.165, 1.54) is 5.56 Å². The zero-order valence-electron chi connectivity index (χ0n) is 13.1. The SMILES string of the molecule is Cc1ccc(NC(=O)CCC(=O)NN=CC(C)C)cc1C. The van der Waals surface area contributed by atoms with Gasteiger partial charge in [-0.15, -0.1) is 0 Å². The molecule has 114 valence electrons. The van der Waals surface area contributed by atoms with E-state index in [-0.39, 0.29) is 30.6 Å². The Hall–Kier alpha value is -2.17. The fourth-order valence-electron chi connectivity index (χ4n) is 1.58. The van der Waals surface area contributed by atoms with Gasteiger partial charge in [0.2, 0.25) is 11.8 Å². The number of rotatable bonds is 6. The van der Waals surface area contributed by atoms with Gasteiger partial charge in [-0.2, -0.15) is 5.10 Å². The van der Waals surface area contributed by atoms with Crippen LogP contribution in [-0.4, -0.2) is 18.0 Å². The predicted molar refractivity (Wildman–Crippen MR) is 85.3 cm³/mol. The second-order valence-electron chi connectivity index (χ2n) is 5.40. The van der Waals surface area contributed by atoms with Gasteiger partial charge >= 0.3 is 0 Å². The zero-order valence-corrected chi connectivity index (χ0v) is 13.1. The molecule has 1 rings (SSSR count). The number of aryl methyl sites for hydroxylation is 2. The van der Waals surface area contributed by atoms with Gasteiger partial charge in [0.05, 0.1) is 0 Å². The van der Waals surface area contributed by atoms with Gasteiger partial charge in [-0.1, -0.05) is 19.9 Å². The lowest BCUT2D eigenvalue weighted by atomic mass is 10.1. The van der Waals surface area contributed by atoms with E-state index < -0.39 is 0 Å². The molecule has 1 aromatic rings. The van der Waals surface area contributed by atoms with Gasteiger partial charge in [0, 0.05) is 24.7 Å². The number of benzene rings is 1. The minimum Gasteiger partial charge on any atom is -0.326 e. The Morgan fingerprint density at radius 2 is 1.81 bits per heavy atom. The molecule has 5 heteroatoms. The van der Waals surface area contributed by atoms with Crippen molar-refractivity contribution in [3.05, 3.63) is 29.3 Å². The second-order valence-corrected chi connectivity index (χ2v) is 5.40. The number of amides is 2. The van der Waals surface area contributed by atoms with Crippen LogP contribution in [0.2, 0.25) is 0 Å². The highest BCUT2D eigenvalue weighted by atomic mass is 16.2. The topological polar surface area (TPSA) is 70.6 Å². The van der Waals surface area contributed by atoms with Crippen LogP contribution in [0, 0.1) is 19.8 Å². The number of nitrogens with zero attached hydrogens (tertiary/aromatic N) is 1. The average molecular weight is 289 g/mol. The maximum Gasteiger partial charge on any atom is 0.240 e. The molecule has 0 saturated carbocycles. The van der Waals surface area contributed by atoms with Crippen molar-refractivity contribution in [2.45, 2.75) is 40.5 Å². The Balaban J connectivity index is 2.37. The first-order chi connectivity index (χ1) is 9.88. The van der Waals surface area contributed by atoms with Gasteiger partial charge in [-0.3, -0.25) is 9.59 Å². The second kappa shape index (κ2) is 8.19. The van der Waals surface area contributed by atoms with Gasteiger partial charge in [-0.05, 0) is 43.0 Å². The van der Waals surface area contributed by atoms with Crippen LogP contribution in [0.5, 0.6) is 0 Å². The summed E-state index contributed by atoms with van der Waals surface area (Å²) in [6.45, 7) is 7.94. The van der Waals surface area contributed by atoms with Crippen LogP contribution in [0.25, 0.3) is 0 Å². The summed E-state index contributed by atoms with van der Waals surface area (Å²) in [6, 6.07) is 5.73. The summed E-state index contributed by atoms with van der Waals surface area (Å²) in [5, 5.41) is 6.58. The zero-order chi connectivity index (χ0) is 15.8. The van der Waals surface area contributed by atoms with Gasteiger partial charge in [0.25, 0.3) is 0 Å². The Morgan fingerprint density at radius 1 is 1.14 bits per heavy atom. The molecule has 21 heavy (non-hydrogen) atoms. The van der Waals surface area contributed by atoms with E-state index in [0.717, 1.165) is 11.3 Å².